The quantitative estimate of drug-likeness (QED) is 0.900. The zero-order valence-corrected chi connectivity index (χ0v) is 10.2. The van der Waals surface area contributed by atoms with Gasteiger partial charge in [0.25, 0.3) is 0 Å². The average Bonchev–Trinajstić information content (AvgIpc) is 2.39. The molecule has 0 radical (unpaired) electrons. The molecule has 0 atom stereocenters. The Balaban J connectivity index is 2.58. The van der Waals surface area contributed by atoms with Crippen LogP contribution in [0.5, 0.6) is 5.75 Å². The third-order valence-electron chi connectivity index (χ3n) is 2.73. The summed E-state index contributed by atoms with van der Waals surface area (Å²) in [6.45, 7) is 1.77. The van der Waals surface area contributed by atoms with Gasteiger partial charge in [0.05, 0.1) is 12.7 Å². The van der Waals surface area contributed by atoms with Gasteiger partial charge in [0.1, 0.15) is 11.4 Å². The van der Waals surface area contributed by atoms with E-state index >= 15 is 0 Å². The van der Waals surface area contributed by atoms with E-state index in [1.807, 2.05) is 6.07 Å². The van der Waals surface area contributed by atoms with Crippen LogP contribution in [0.1, 0.15) is 15.9 Å². The summed E-state index contributed by atoms with van der Waals surface area (Å²) in [5.41, 5.74) is 2.37. The molecule has 0 aliphatic rings. The molecule has 0 bridgehead atoms. The van der Waals surface area contributed by atoms with Crippen molar-refractivity contribution in [2.45, 2.75) is 6.92 Å². The molecule has 0 aliphatic carbocycles. The second-order valence-corrected chi connectivity index (χ2v) is 3.89. The van der Waals surface area contributed by atoms with Crippen LogP contribution in [-0.4, -0.2) is 23.2 Å². The minimum atomic E-state index is -0.941. The first kappa shape index (κ1) is 12.1. The third-order valence-corrected chi connectivity index (χ3v) is 2.73. The maximum absolute atomic E-state index is 11.1. The Bertz CT molecular complexity index is 593. The molecule has 2 aromatic rings. The highest BCUT2D eigenvalue weighted by Gasteiger charge is 2.12. The van der Waals surface area contributed by atoms with E-state index in [1.54, 1.807) is 44.5 Å². The highest BCUT2D eigenvalue weighted by Crippen LogP contribution is 2.28. The number of benzene rings is 1. The number of carboxylic acids is 1. The normalized spacial score (nSPS) is 10.1. The second kappa shape index (κ2) is 4.87. The molecule has 0 spiro atoms. The first-order valence-corrected chi connectivity index (χ1v) is 5.47. The van der Waals surface area contributed by atoms with Gasteiger partial charge in [-0.2, -0.15) is 0 Å². The molecule has 0 saturated carbocycles. The van der Waals surface area contributed by atoms with Crippen molar-refractivity contribution < 1.29 is 14.6 Å². The molecular formula is C14H13NO3. The lowest BCUT2D eigenvalue weighted by Gasteiger charge is -2.09. The van der Waals surface area contributed by atoms with Gasteiger partial charge in [-0.1, -0.05) is 12.1 Å². The van der Waals surface area contributed by atoms with E-state index in [1.165, 1.54) is 0 Å². The highest BCUT2D eigenvalue weighted by atomic mass is 16.5. The fourth-order valence-corrected chi connectivity index (χ4v) is 1.77. The van der Waals surface area contributed by atoms with Gasteiger partial charge >= 0.3 is 5.97 Å². The van der Waals surface area contributed by atoms with Crippen LogP contribution in [-0.2, 0) is 0 Å². The van der Waals surface area contributed by atoms with Crippen LogP contribution in [0.2, 0.25) is 0 Å². The summed E-state index contributed by atoms with van der Waals surface area (Å²) in [5.74, 6) is -0.318. The van der Waals surface area contributed by atoms with E-state index in [4.69, 9.17) is 9.84 Å². The molecule has 1 aromatic heterocycles. The van der Waals surface area contributed by atoms with Gasteiger partial charge in [0, 0.05) is 11.8 Å². The molecule has 0 aliphatic heterocycles. The van der Waals surface area contributed by atoms with Crippen molar-refractivity contribution in [1.29, 1.82) is 0 Å². The number of pyridine rings is 1. The van der Waals surface area contributed by atoms with Gasteiger partial charge < -0.3 is 9.84 Å². The lowest BCUT2D eigenvalue weighted by molar-refractivity contribution is 0.0696. The monoisotopic (exact) mass is 243 g/mol. The fraction of sp³-hybridized carbons (Fsp3) is 0.143. The van der Waals surface area contributed by atoms with Crippen molar-refractivity contribution in [2.24, 2.45) is 0 Å². The summed E-state index contributed by atoms with van der Waals surface area (Å²) in [6.07, 6.45) is 1.65. The Morgan fingerprint density at radius 3 is 2.78 bits per heavy atom. The summed E-state index contributed by atoms with van der Waals surface area (Å²) < 4.78 is 5.22. The Labute approximate surface area is 105 Å². The molecule has 4 nitrogen and oxygen atoms in total. The first-order valence-electron chi connectivity index (χ1n) is 5.47. The van der Waals surface area contributed by atoms with E-state index in [0.29, 0.717) is 11.4 Å². The maximum atomic E-state index is 11.1. The number of nitrogens with zero attached hydrogens (tertiary/aromatic N) is 1. The number of aromatic carboxylic acids is 1. The molecule has 0 amide bonds. The van der Waals surface area contributed by atoms with Crippen molar-refractivity contribution in [1.82, 2.24) is 4.98 Å². The zero-order chi connectivity index (χ0) is 13.1. The molecule has 4 heteroatoms. The molecule has 1 heterocycles. The minimum Gasteiger partial charge on any atom is -0.494 e. The molecule has 0 unspecified atom stereocenters. The van der Waals surface area contributed by atoms with Gasteiger partial charge in [0.2, 0.25) is 0 Å². The number of ether oxygens (including phenoxy) is 1. The molecule has 92 valence electrons. The number of hydrogen-bond acceptors (Lipinski definition) is 3. The number of aryl methyl sites for hydroxylation is 1. The van der Waals surface area contributed by atoms with Crippen molar-refractivity contribution in [3.63, 3.8) is 0 Å². The number of aromatic nitrogens is 1. The molecule has 18 heavy (non-hydrogen) atoms. The van der Waals surface area contributed by atoms with Gasteiger partial charge in [-0.05, 0) is 30.7 Å². The number of hydrogen-bond donors (Lipinski definition) is 1. The van der Waals surface area contributed by atoms with Crippen molar-refractivity contribution in [3.05, 3.63) is 47.7 Å². The molecule has 0 saturated heterocycles. The van der Waals surface area contributed by atoms with Crippen molar-refractivity contribution in [2.75, 3.05) is 7.11 Å². The van der Waals surface area contributed by atoms with Gasteiger partial charge in [-0.25, -0.2) is 4.79 Å². The van der Waals surface area contributed by atoms with Gasteiger partial charge in [-0.3, -0.25) is 4.98 Å². The van der Waals surface area contributed by atoms with E-state index in [9.17, 15) is 4.79 Å². The second-order valence-electron chi connectivity index (χ2n) is 3.89. The zero-order valence-electron chi connectivity index (χ0n) is 10.2. The Kier molecular flexibility index (Phi) is 3.28. The third kappa shape index (κ3) is 2.18. The predicted molar refractivity (Wildman–Crippen MR) is 67.9 cm³/mol. The highest BCUT2D eigenvalue weighted by molar-refractivity contribution is 5.91. The standard InChI is InChI=1S/C14H13NO3/c1-9-5-6-10(8-11(9)14(16)17)13-12(18-2)4-3-7-15-13/h3-8H,1-2H3,(H,16,17). The van der Waals surface area contributed by atoms with Crippen LogP contribution >= 0.6 is 0 Å². The van der Waals surface area contributed by atoms with Crippen LogP contribution in [0.4, 0.5) is 0 Å². The summed E-state index contributed by atoms with van der Waals surface area (Å²) in [7, 11) is 1.56. The summed E-state index contributed by atoms with van der Waals surface area (Å²) >= 11 is 0. The smallest absolute Gasteiger partial charge is 0.335 e. The van der Waals surface area contributed by atoms with E-state index in [-0.39, 0.29) is 5.56 Å². The van der Waals surface area contributed by atoms with Crippen molar-refractivity contribution in [3.8, 4) is 17.0 Å². The Hall–Kier alpha value is -2.36. The number of carboxylic acid groups (broad SMARTS) is 1. The predicted octanol–water partition coefficient (Wildman–Crippen LogP) is 2.76. The topological polar surface area (TPSA) is 59.4 Å². The van der Waals surface area contributed by atoms with E-state index in [0.717, 1.165) is 11.1 Å². The minimum absolute atomic E-state index is 0.278. The van der Waals surface area contributed by atoms with E-state index < -0.39 is 5.97 Å². The summed E-state index contributed by atoms with van der Waals surface area (Å²) in [6, 6.07) is 8.79. The largest absolute Gasteiger partial charge is 0.494 e. The lowest BCUT2D eigenvalue weighted by atomic mass is 10.0. The molecule has 0 fully saturated rings. The van der Waals surface area contributed by atoms with Gasteiger partial charge in [0.15, 0.2) is 0 Å². The molecule has 1 N–H and O–H groups in total. The first-order chi connectivity index (χ1) is 8.63. The fourth-order valence-electron chi connectivity index (χ4n) is 1.77. The Morgan fingerprint density at radius 1 is 1.33 bits per heavy atom. The molecule has 1 aromatic carbocycles. The van der Waals surface area contributed by atoms with Crippen LogP contribution in [0, 0.1) is 6.92 Å². The SMILES string of the molecule is COc1cccnc1-c1ccc(C)c(C(=O)O)c1. The van der Waals surface area contributed by atoms with Crippen LogP contribution < -0.4 is 4.74 Å². The Morgan fingerprint density at radius 2 is 2.11 bits per heavy atom. The van der Waals surface area contributed by atoms with E-state index in [2.05, 4.69) is 4.98 Å². The number of rotatable bonds is 3. The van der Waals surface area contributed by atoms with Crippen LogP contribution in [0.3, 0.4) is 0 Å². The van der Waals surface area contributed by atoms with Gasteiger partial charge in [-0.15, -0.1) is 0 Å². The van der Waals surface area contributed by atoms with Crippen molar-refractivity contribution >= 4 is 5.97 Å². The lowest BCUT2D eigenvalue weighted by Crippen LogP contribution is -2.00. The summed E-state index contributed by atoms with van der Waals surface area (Å²) in [4.78, 5) is 15.3. The van der Waals surface area contributed by atoms with Crippen LogP contribution in [0.15, 0.2) is 36.5 Å². The molecular weight excluding hydrogens is 230 g/mol. The summed E-state index contributed by atoms with van der Waals surface area (Å²) in [5, 5.41) is 9.11. The number of methoxy groups -OCH3 is 1. The molecule has 2 rings (SSSR count). The average molecular weight is 243 g/mol. The van der Waals surface area contributed by atoms with Crippen LogP contribution in [0.25, 0.3) is 11.3 Å². The maximum Gasteiger partial charge on any atom is 0.335 e. The number of carbonyl (C=O) groups is 1.